The van der Waals surface area contributed by atoms with Crippen LogP contribution in [0.2, 0.25) is 5.02 Å². The second-order valence-corrected chi connectivity index (χ2v) is 6.98. The van der Waals surface area contributed by atoms with E-state index in [2.05, 4.69) is 25.5 Å². The molecule has 2 aliphatic heterocycles. The fourth-order valence-corrected chi connectivity index (χ4v) is 3.87. The van der Waals surface area contributed by atoms with Gasteiger partial charge in [0, 0.05) is 37.6 Å². The van der Waals surface area contributed by atoms with Crippen molar-refractivity contribution >= 4 is 29.1 Å². The molecule has 4 heterocycles. The first kappa shape index (κ1) is 17.0. The Hall–Kier alpha value is -2.41. The van der Waals surface area contributed by atoms with Crippen LogP contribution in [-0.4, -0.2) is 46.5 Å². The minimum atomic E-state index is -0.164. The van der Waals surface area contributed by atoms with E-state index in [1.165, 1.54) is 0 Å². The number of halogens is 1. The molecule has 7 nitrogen and oxygen atoms in total. The van der Waals surface area contributed by atoms with Gasteiger partial charge in [0.1, 0.15) is 23.5 Å². The van der Waals surface area contributed by atoms with E-state index in [1.807, 2.05) is 19.1 Å². The predicted molar refractivity (Wildman–Crippen MR) is 101 cm³/mol. The van der Waals surface area contributed by atoms with E-state index >= 15 is 0 Å². The third-order valence-corrected chi connectivity index (χ3v) is 5.11. The Morgan fingerprint density at radius 3 is 3.19 bits per heavy atom. The van der Waals surface area contributed by atoms with Crippen LogP contribution in [0, 0.1) is 0 Å². The first-order valence-electron chi connectivity index (χ1n) is 8.94. The summed E-state index contributed by atoms with van der Waals surface area (Å²) >= 11 is 6.11. The number of pyridine rings is 1. The highest BCUT2D eigenvalue weighted by atomic mass is 35.5. The van der Waals surface area contributed by atoms with E-state index in [1.54, 1.807) is 12.4 Å². The SMILES string of the molecule is CCNC(=O)[C@H]1CCCN1c1ccnc(C2CNc3ncc(Cl)cc32)n1. The van der Waals surface area contributed by atoms with Crippen LogP contribution in [0.3, 0.4) is 0 Å². The molecular formula is C18H21ClN6O. The largest absolute Gasteiger partial charge is 0.369 e. The number of nitrogens with one attached hydrogen (secondary N) is 2. The normalized spacial score (nSPS) is 21.4. The van der Waals surface area contributed by atoms with Gasteiger partial charge in [-0.15, -0.1) is 0 Å². The van der Waals surface area contributed by atoms with Crippen molar-refractivity contribution in [2.45, 2.75) is 31.7 Å². The summed E-state index contributed by atoms with van der Waals surface area (Å²) in [5.74, 6) is 2.41. The van der Waals surface area contributed by atoms with E-state index in [0.29, 0.717) is 18.1 Å². The van der Waals surface area contributed by atoms with Gasteiger partial charge in [-0.1, -0.05) is 11.6 Å². The maximum absolute atomic E-state index is 12.3. The molecule has 1 fully saturated rings. The van der Waals surface area contributed by atoms with E-state index in [-0.39, 0.29) is 17.9 Å². The Labute approximate surface area is 157 Å². The molecule has 1 amide bonds. The monoisotopic (exact) mass is 372 g/mol. The third kappa shape index (κ3) is 3.07. The molecule has 0 spiro atoms. The Morgan fingerprint density at radius 1 is 1.46 bits per heavy atom. The topological polar surface area (TPSA) is 83.0 Å². The zero-order valence-corrected chi connectivity index (χ0v) is 15.3. The molecule has 2 aromatic rings. The summed E-state index contributed by atoms with van der Waals surface area (Å²) in [5, 5.41) is 6.80. The fraction of sp³-hybridized carbons (Fsp3) is 0.444. The van der Waals surface area contributed by atoms with Gasteiger partial charge in [-0.2, -0.15) is 0 Å². The van der Waals surface area contributed by atoms with Gasteiger partial charge in [-0.3, -0.25) is 4.79 Å². The number of aromatic nitrogens is 3. The maximum atomic E-state index is 12.3. The molecule has 0 bridgehead atoms. The second kappa shape index (κ2) is 7.07. The van der Waals surface area contributed by atoms with Crippen molar-refractivity contribution in [2.24, 2.45) is 0 Å². The van der Waals surface area contributed by atoms with Gasteiger partial charge in [0.2, 0.25) is 5.91 Å². The average Bonchev–Trinajstić information content (AvgIpc) is 3.29. The van der Waals surface area contributed by atoms with Crippen LogP contribution in [-0.2, 0) is 4.79 Å². The van der Waals surface area contributed by atoms with Crippen molar-refractivity contribution in [2.75, 3.05) is 29.9 Å². The van der Waals surface area contributed by atoms with Crippen molar-refractivity contribution in [1.82, 2.24) is 20.3 Å². The number of hydrogen-bond acceptors (Lipinski definition) is 6. The highest BCUT2D eigenvalue weighted by molar-refractivity contribution is 6.30. The van der Waals surface area contributed by atoms with Crippen molar-refractivity contribution < 1.29 is 4.79 Å². The molecule has 1 saturated heterocycles. The molecule has 0 saturated carbocycles. The summed E-state index contributed by atoms with van der Waals surface area (Å²) in [6.45, 7) is 4.08. The second-order valence-electron chi connectivity index (χ2n) is 6.54. The molecule has 2 N–H and O–H groups in total. The van der Waals surface area contributed by atoms with Crippen LogP contribution in [0.25, 0.3) is 0 Å². The van der Waals surface area contributed by atoms with Crippen molar-refractivity contribution in [1.29, 1.82) is 0 Å². The molecule has 1 unspecified atom stereocenters. The number of hydrogen-bond donors (Lipinski definition) is 2. The lowest BCUT2D eigenvalue weighted by atomic mass is 10.0. The van der Waals surface area contributed by atoms with E-state index in [4.69, 9.17) is 16.6 Å². The summed E-state index contributed by atoms with van der Waals surface area (Å²) in [6, 6.07) is 3.63. The Morgan fingerprint density at radius 2 is 2.35 bits per heavy atom. The highest BCUT2D eigenvalue weighted by Crippen LogP contribution is 2.35. The molecule has 0 aliphatic carbocycles. The molecule has 136 valence electrons. The van der Waals surface area contributed by atoms with Crippen LogP contribution < -0.4 is 15.5 Å². The summed E-state index contributed by atoms with van der Waals surface area (Å²) in [5.41, 5.74) is 1.01. The number of amides is 1. The summed E-state index contributed by atoms with van der Waals surface area (Å²) < 4.78 is 0. The van der Waals surface area contributed by atoms with Crippen LogP contribution in [0.4, 0.5) is 11.6 Å². The van der Waals surface area contributed by atoms with Crippen LogP contribution in [0.1, 0.15) is 37.1 Å². The molecule has 2 aromatic heterocycles. The predicted octanol–water partition coefficient (Wildman–Crippen LogP) is 2.19. The van der Waals surface area contributed by atoms with Gasteiger partial charge < -0.3 is 15.5 Å². The highest BCUT2D eigenvalue weighted by Gasteiger charge is 2.33. The Bertz CT molecular complexity index is 829. The molecule has 8 heteroatoms. The van der Waals surface area contributed by atoms with Crippen LogP contribution >= 0.6 is 11.6 Å². The number of likely N-dealkylation sites (N-methyl/N-ethyl adjacent to an activating group) is 1. The molecule has 2 atom stereocenters. The number of nitrogens with zero attached hydrogens (tertiary/aromatic N) is 4. The maximum Gasteiger partial charge on any atom is 0.242 e. The standard InChI is InChI=1S/C18H21ClN6O/c1-2-20-18(26)14-4-3-7-25(14)15-5-6-21-17(24-15)13-10-23-16-12(13)8-11(19)9-22-16/h5-6,8-9,13-14H,2-4,7,10H2,1H3,(H,20,26)(H,22,23)/t13?,14-/m1/s1. The van der Waals surface area contributed by atoms with Gasteiger partial charge in [-0.25, -0.2) is 15.0 Å². The van der Waals surface area contributed by atoms with Crippen molar-refractivity contribution in [3.8, 4) is 0 Å². The lowest BCUT2D eigenvalue weighted by molar-refractivity contribution is -0.122. The van der Waals surface area contributed by atoms with E-state index < -0.39 is 0 Å². The summed E-state index contributed by atoms with van der Waals surface area (Å²) in [7, 11) is 0. The molecule has 0 aromatic carbocycles. The Kier molecular flexibility index (Phi) is 4.63. The van der Waals surface area contributed by atoms with Crippen molar-refractivity contribution in [3.63, 3.8) is 0 Å². The number of carbonyl (C=O) groups excluding carboxylic acids is 1. The molecular weight excluding hydrogens is 352 g/mol. The first-order valence-corrected chi connectivity index (χ1v) is 9.31. The Balaban J connectivity index is 1.62. The number of rotatable bonds is 4. The first-order chi connectivity index (χ1) is 12.7. The zero-order chi connectivity index (χ0) is 18.1. The van der Waals surface area contributed by atoms with Crippen molar-refractivity contribution in [3.05, 3.63) is 40.9 Å². The van der Waals surface area contributed by atoms with Crippen LogP contribution in [0.15, 0.2) is 24.5 Å². The van der Waals surface area contributed by atoms with Gasteiger partial charge in [-0.05, 0) is 31.9 Å². The zero-order valence-electron chi connectivity index (χ0n) is 14.6. The third-order valence-electron chi connectivity index (χ3n) is 4.90. The quantitative estimate of drug-likeness (QED) is 0.856. The fourth-order valence-electron chi connectivity index (χ4n) is 3.70. The van der Waals surface area contributed by atoms with Gasteiger partial charge >= 0.3 is 0 Å². The minimum Gasteiger partial charge on any atom is -0.369 e. The van der Waals surface area contributed by atoms with E-state index in [0.717, 1.165) is 42.4 Å². The lowest BCUT2D eigenvalue weighted by Crippen LogP contribution is -2.43. The summed E-state index contributed by atoms with van der Waals surface area (Å²) in [4.78, 5) is 28.0. The smallest absolute Gasteiger partial charge is 0.242 e. The van der Waals surface area contributed by atoms with Gasteiger partial charge in [0.15, 0.2) is 0 Å². The van der Waals surface area contributed by atoms with Gasteiger partial charge in [0.25, 0.3) is 0 Å². The lowest BCUT2D eigenvalue weighted by Gasteiger charge is -2.25. The number of fused-ring (bicyclic) bond motifs is 1. The average molecular weight is 373 g/mol. The molecule has 0 radical (unpaired) electrons. The van der Waals surface area contributed by atoms with E-state index in [9.17, 15) is 4.79 Å². The number of anilines is 2. The molecule has 4 rings (SSSR count). The molecule has 2 aliphatic rings. The minimum absolute atomic E-state index is 0.00155. The van der Waals surface area contributed by atoms with Crippen LogP contribution in [0.5, 0.6) is 0 Å². The molecule has 26 heavy (non-hydrogen) atoms. The number of carbonyl (C=O) groups is 1. The van der Waals surface area contributed by atoms with Gasteiger partial charge in [0.05, 0.1) is 10.9 Å². The summed E-state index contributed by atoms with van der Waals surface area (Å²) in [6.07, 6.45) is 5.22.